The number of esters is 1. The Hall–Kier alpha value is -1.36. The number of hydrogen-bond acceptors (Lipinski definition) is 2. The summed E-state index contributed by atoms with van der Waals surface area (Å²) in [5, 5.41) is 2.32. The minimum Gasteiger partial charge on any atom is -0.430 e. The summed E-state index contributed by atoms with van der Waals surface area (Å²) < 4.78 is 7.21. The van der Waals surface area contributed by atoms with Gasteiger partial charge in [-0.3, -0.25) is 4.79 Å². The number of cyclic esters (lactones) is 1. The van der Waals surface area contributed by atoms with Crippen molar-refractivity contribution < 1.29 is 9.53 Å². The molecule has 96 valence electrons. The van der Waals surface area contributed by atoms with Crippen molar-refractivity contribution in [3.05, 3.63) is 57.9 Å². The topological polar surface area (TPSA) is 26.3 Å². The largest absolute Gasteiger partial charge is 0.430 e. The summed E-state index contributed by atoms with van der Waals surface area (Å²) in [5.74, 6) is 0.499. The fraction of sp³-hybridized carbons (Fsp3) is 0.188. The number of ether oxygens (including phenoxy) is 1. The number of carbonyl (C=O) groups is 1. The molecule has 0 radical (unpaired) electrons. The molecule has 1 heterocycles. The van der Waals surface area contributed by atoms with E-state index in [2.05, 4.69) is 40.8 Å². The number of allylic oxidation sites excluding steroid dienone is 1. The first-order valence-electron chi connectivity index (χ1n) is 6.28. The Morgan fingerprint density at radius 3 is 2.74 bits per heavy atom. The Labute approximate surface area is 125 Å². The Balaban J connectivity index is 2.03. The summed E-state index contributed by atoms with van der Waals surface area (Å²) in [6.07, 6.45) is 1.64. The van der Waals surface area contributed by atoms with Gasteiger partial charge in [0.15, 0.2) is 0 Å². The lowest BCUT2D eigenvalue weighted by molar-refractivity contribution is -0.143. The van der Waals surface area contributed by atoms with Crippen LogP contribution in [-0.4, -0.2) is 5.97 Å². The third-order valence-electron chi connectivity index (χ3n) is 3.52. The summed E-state index contributed by atoms with van der Waals surface area (Å²) in [6.45, 7) is 0. The van der Waals surface area contributed by atoms with Crippen LogP contribution in [0.1, 0.15) is 24.3 Å². The van der Waals surface area contributed by atoms with Crippen LogP contribution in [0.3, 0.4) is 0 Å². The van der Waals surface area contributed by atoms with Crippen LogP contribution in [0.5, 0.6) is 0 Å². The lowest BCUT2D eigenvalue weighted by atomic mass is 9.88. The number of hydrogen-bond donors (Lipinski definition) is 0. The molecule has 1 aliphatic heterocycles. The Morgan fingerprint density at radius 1 is 1.16 bits per heavy atom. The van der Waals surface area contributed by atoms with Crippen LogP contribution in [-0.2, 0) is 9.53 Å². The van der Waals surface area contributed by atoms with Gasteiger partial charge in [0.1, 0.15) is 5.76 Å². The fourth-order valence-electron chi connectivity index (χ4n) is 2.57. The first-order chi connectivity index (χ1) is 9.29. The normalized spacial score (nSPS) is 21.6. The molecule has 0 unspecified atom stereocenters. The van der Waals surface area contributed by atoms with E-state index in [1.807, 2.05) is 28.3 Å². The third-order valence-corrected chi connectivity index (χ3v) is 4.21. The van der Waals surface area contributed by atoms with Gasteiger partial charge in [0.2, 0.25) is 0 Å². The van der Waals surface area contributed by atoms with Crippen molar-refractivity contribution in [3.8, 4) is 0 Å². The monoisotopic (exact) mass is 364 g/mol. The van der Waals surface area contributed by atoms with Crippen molar-refractivity contribution in [3.63, 3.8) is 0 Å². The highest BCUT2D eigenvalue weighted by atomic mass is 127. The van der Waals surface area contributed by atoms with E-state index in [4.69, 9.17) is 4.74 Å². The average molecular weight is 364 g/mol. The zero-order valence-corrected chi connectivity index (χ0v) is 12.5. The summed E-state index contributed by atoms with van der Waals surface area (Å²) in [5.41, 5.74) is 1.08. The second kappa shape index (κ2) is 5.33. The van der Waals surface area contributed by atoms with Gasteiger partial charge in [-0.2, -0.15) is 0 Å². The van der Waals surface area contributed by atoms with Crippen molar-refractivity contribution in [2.24, 2.45) is 0 Å². The zero-order valence-electron chi connectivity index (χ0n) is 10.3. The number of halogens is 1. The van der Waals surface area contributed by atoms with E-state index in [9.17, 15) is 4.79 Å². The first kappa shape index (κ1) is 12.7. The Kier molecular flexibility index (Phi) is 3.55. The molecule has 3 heteroatoms. The molecule has 19 heavy (non-hydrogen) atoms. The van der Waals surface area contributed by atoms with E-state index in [-0.39, 0.29) is 11.9 Å². The Bertz CT molecular complexity index is 655. The van der Waals surface area contributed by atoms with Gasteiger partial charge in [0.05, 0.1) is 5.92 Å². The molecule has 0 N–H and O–H groups in total. The van der Waals surface area contributed by atoms with Crippen LogP contribution in [0, 0.1) is 0 Å². The van der Waals surface area contributed by atoms with Crippen LogP contribution in [0.15, 0.2) is 52.3 Å². The highest BCUT2D eigenvalue weighted by Gasteiger charge is 2.29. The van der Waals surface area contributed by atoms with Gasteiger partial charge in [0.25, 0.3) is 0 Å². The molecule has 3 rings (SSSR count). The van der Waals surface area contributed by atoms with Crippen LogP contribution >= 0.6 is 22.6 Å². The molecule has 1 saturated heterocycles. The summed E-state index contributed by atoms with van der Waals surface area (Å²) in [7, 11) is 0. The van der Waals surface area contributed by atoms with Crippen LogP contribution in [0.4, 0.5) is 0 Å². The van der Waals surface area contributed by atoms with E-state index < -0.39 is 0 Å². The van der Waals surface area contributed by atoms with Gasteiger partial charge >= 0.3 is 5.97 Å². The predicted molar refractivity (Wildman–Crippen MR) is 84.1 cm³/mol. The standard InChI is InChI=1S/C16H13IO2/c17-10-12-8-9-15(16(18)19-12)14-7-3-5-11-4-1-2-6-13(11)14/h1-7,10,15H,8-9H2/t15-/m1/s1. The van der Waals surface area contributed by atoms with Gasteiger partial charge in [0, 0.05) is 10.5 Å². The smallest absolute Gasteiger partial charge is 0.318 e. The molecule has 0 spiro atoms. The van der Waals surface area contributed by atoms with Crippen molar-refractivity contribution in [1.82, 2.24) is 0 Å². The molecule has 2 nitrogen and oxygen atoms in total. The molecule has 2 aromatic rings. The van der Waals surface area contributed by atoms with E-state index >= 15 is 0 Å². The number of fused-ring (bicyclic) bond motifs is 1. The SMILES string of the molecule is O=C1OC(=CI)CC[C@@H]1c1cccc2ccccc12. The number of carbonyl (C=O) groups excluding carboxylic acids is 1. The maximum atomic E-state index is 12.1. The van der Waals surface area contributed by atoms with Crippen LogP contribution in [0.25, 0.3) is 10.8 Å². The second-order valence-corrected chi connectivity index (χ2v) is 5.28. The minimum atomic E-state index is -0.147. The summed E-state index contributed by atoms with van der Waals surface area (Å²) >= 11 is 2.11. The van der Waals surface area contributed by atoms with E-state index in [0.29, 0.717) is 0 Å². The molecule has 1 aliphatic rings. The van der Waals surface area contributed by atoms with Crippen LogP contribution < -0.4 is 0 Å². The van der Waals surface area contributed by atoms with Gasteiger partial charge in [-0.1, -0.05) is 42.5 Å². The summed E-state index contributed by atoms with van der Waals surface area (Å²) in [6, 6.07) is 14.3. The molecule has 2 aromatic carbocycles. The third kappa shape index (κ3) is 2.39. The second-order valence-electron chi connectivity index (χ2n) is 4.66. The lowest BCUT2D eigenvalue weighted by Gasteiger charge is -2.23. The van der Waals surface area contributed by atoms with Gasteiger partial charge in [-0.05, 0) is 45.3 Å². The van der Waals surface area contributed by atoms with E-state index in [1.54, 1.807) is 0 Å². The predicted octanol–water partition coefficient (Wildman–Crippen LogP) is 4.54. The average Bonchev–Trinajstić information content (AvgIpc) is 2.46. The van der Waals surface area contributed by atoms with Crippen LogP contribution in [0.2, 0.25) is 0 Å². The molecular formula is C16H13IO2. The maximum absolute atomic E-state index is 12.1. The summed E-state index contributed by atoms with van der Waals surface area (Å²) in [4.78, 5) is 12.1. The molecule has 0 saturated carbocycles. The quantitative estimate of drug-likeness (QED) is 0.549. The van der Waals surface area contributed by atoms with Crippen molar-refractivity contribution >= 4 is 39.3 Å². The maximum Gasteiger partial charge on any atom is 0.318 e. The minimum absolute atomic E-state index is 0.134. The van der Waals surface area contributed by atoms with Crippen molar-refractivity contribution in [2.75, 3.05) is 0 Å². The van der Waals surface area contributed by atoms with Gasteiger partial charge < -0.3 is 4.74 Å². The van der Waals surface area contributed by atoms with Crippen molar-refractivity contribution in [1.29, 1.82) is 0 Å². The number of rotatable bonds is 1. The first-order valence-corrected chi connectivity index (χ1v) is 7.53. The molecule has 0 aromatic heterocycles. The van der Waals surface area contributed by atoms with Gasteiger partial charge in [-0.25, -0.2) is 0 Å². The van der Waals surface area contributed by atoms with Gasteiger partial charge in [-0.15, -0.1) is 0 Å². The molecule has 0 amide bonds. The highest BCUT2D eigenvalue weighted by molar-refractivity contribution is 14.1. The van der Waals surface area contributed by atoms with Crippen molar-refractivity contribution in [2.45, 2.75) is 18.8 Å². The molecule has 1 fully saturated rings. The molecule has 0 bridgehead atoms. The van der Waals surface area contributed by atoms with E-state index in [1.165, 1.54) is 5.39 Å². The molecular weight excluding hydrogens is 351 g/mol. The molecule has 0 aliphatic carbocycles. The number of benzene rings is 2. The molecule has 1 atom stereocenters. The highest BCUT2D eigenvalue weighted by Crippen LogP contribution is 2.35. The Morgan fingerprint density at radius 2 is 1.95 bits per heavy atom. The fourth-order valence-corrected chi connectivity index (χ4v) is 3.01. The zero-order chi connectivity index (χ0) is 13.2. The lowest BCUT2D eigenvalue weighted by Crippen LogP contribution is -2.21. The van der Waals surface area contributed by atoms with E-state index in [0.717, 1.165) is 29.6 Å².